The highest BCUT2D eigenvalue weighted by molar-refractivity contribution is 5.66. The third-order valence-electron chi connectivity index (χ3n) is 2.42. The first kappa shape index (κ1) is 14.4. The van der Waals surface area contributed by atoms with E-state index >= 15 is 0 Å². The van der Waals surface area contributed by atoms with Gasteiger partial charge in [-0.15, -0.1) is 0 Å². The van der Waals surface area contributed by atoms with E-state index in [-0.39, 0.29) is 13.0 Å². The van der Waals surface area contributed by atoms with E-state index in [0.717, 1.165) is 32.4 Å². The number of rotatable bonds is 9. The van der Waals surface area contributed by atoms with Gasteiger partial charge in [0.25, 0.3) is 0 Å². The van der Waals surface area contributed by atoms with E-state index in [2.05, 4.69) is 18.7 Å². The summed E-state index contributed by atoms with van der Waals surface area (Å²) >= 11 is 0. The van der Waals surface area contributed by atoms with Gasteiger partial charge in [0.15, 0.2) is 0 Å². The average molecular weight is 217 g/mol. The lowest BCUT2D eigenvalue weighted by molar-refractivity contribution is -0.137. The van der Waals surface area contributed by atoms with Crippen LogP contribution in [0.3, 0.4) is 0 Å². The Morgan fingerprint density at radius 1 is 1.20 bits per heavy atom. The standard InChI is InChI=1S/C11H23NO3/c1-10(2)12(8-5-9-13)7-4-3-6-11(14)15/h10,13H,3-9H2,1-2H3,(H,14,15). The molecule has 0 aromatic rings. The Hall–Kier alpha value is -0.610. The van der Waals surface area contributed by atoms with Gasteiger partial charge in [0.05, 0.1) is 0 Å². The fourth-order valence-corrected chi connectivity index (χ4v) is 1.49. The summed E-state index contributed by atoms with van der Waals surface area (Å²) < 4.78 is 0. The molecule has 0 aliphatic rings. The summed E-state index contributed by atoms with van der Waals surface area (Å²) in [5.74, 6) is -0.721. The van der Waals surface area contributed by atoms with Crippen LogP contribution >= 0.6 is 0 Å². The Morgan fingerprint density at radius 2 is 1.80 bits per heavy atom. The van der Waals surface area contributed by atoms with Crippen molar-refractivity contribution in [2.24, 2.45) is 0 Å². The number of hydrogen-bond donors (Lipinski definition) is 2. The molecule has 0 aliphatic heterocycles. The van der Waals surface area contributed by atoms with Gasteiger partial charge in [-0.05, 0) is 39.7 Å². The minimum Gasteiger partial charge on any atom is -0.481 e. The predicted octanol–water partition coefficient (Wildman–Crippen LogP) is 1.33. The number of carbonyl (C=O) groups is 1. The van der Waals surface area contributed by atoms with Gasteiger partial charge in [-0.3, -0.25) is 4.79 Å². The molecule has 0 bridgehead atoms. The van der Waals surface area contributed by atoms with Gasteiger partial charge in [0.1, 0.15) is 0 Å². The van der Waals surface area contributed by atoms with Crippen LogP contribution in [0, 0.1) is 0 Å². The molecule has 0 aromatic heterocycles. The molecule has 0 aromatic carbocycles. The van der Waals surface area contributed by atoms with Crippen LogP contribution in [-0.2, 0) is 4.79 Å². The monoisotopic (exact) mass is 217 g/mol. The van der Waals surface area contributed by atoms with Crippen molar-refractivity contribution in [3.8, 4) is 0 Å². The van der Waals surface area contributed by atoms with Crippen LogP contribution in [0.1, 0.15) is 39.5 Å². The molecule has 0 rings (SSSR count). The fraction of sp³-hybridized carbons (Fsp3) is 0.909. The maximum atomic E-state index is 10.3. The lowest BCUT2D eigenvalue weighted by Crippen LogP contribution is -2.33. The average Bonchev–Trinajstić information content (AvgIpc) is 2.15. The van der Waals surface area contributed by atoms with E-state index in [9.17, 15) is 4.79 Å². The minimum atomic E-state index is -0.721. The summed E-state index contributed by atoms with van der Waals surface area (Å²) in [6, 6.07) is 0.460. The molecule has 0 amide bonds. The minimum absolute atomic E-state index is 0.221. The lowest BCUT2D eigenvalue weighted by Gasteiger charge is -2.25. The third-order valence-corrected chi connectivity index (χ3v) is 2.42. The number of aliphatic carboxylic acids is 1. The van der Waals surface area contributed by atoms with Crippen molar-refractivity contribution in [1.29, 1.82) is 0 Å². The molecule has 0 spiro atoms. The highest BCUT2D eigenvalue weighted by atomic mass is 16.4. The van der Waals surface area contributed by atoms with Crippen molar-refractivity contribution in [2.75, 3.05) is 19.7 Å². The second kappa shape index (κ2) is 8.68. The van der Waals surface area contributed by atoms with Crippen LogP contribution in [0.2, 0.25) is 0 Å². The molecule has 0 saturated heterocycles. The second-order valence-electron chi connectivity index (χ2n) is 4.06. The van der Waals surface area contributed by atoms with E-state index in [4.69, 9.17) is 10.2 Å². The zero-order chi connectivity index (χ0) is 11.7. The van der Waals surface area contributed by atoms with Crippen molar-refractivity contribution < 1.29 is 15.0 Å². The summed E-state index contributed by atoms with van der Waals surface area (Å²) in [4.78, 5) is 12.6. The van der Waals surface area contributed by atoms with E-state index in [1.807, 2.05) is 0 Å². The van der Waals surface area contributed by atoms with Crippen LogP contribution in [0.5, 0.6) is 0 Å². The molecule has 90 valence electrons. The molecule has 0 unspecified atom stereocenters. The quantitative estimate of drug-likeness (QED) is 0.572. The molecule has 0 fully saturated rings. The maximum absolute atomic E-state index is 10.3. The Morgan fingerprint density at radius 3 is 2.27 bits per heavy atom. The van der Waals surface area contributed by atoms with Crippen molar-refractivity contribution in [3.05, 3.63) is 0 Å². The third kappa shape index (κ3) is 8.39. The molecule has 4 heteroatoms. The van der Waals surface area contributed by atoms with Crippen molar-refractivity contribution >= 4 is 5.97 Å². The lowest BCUT2D eigenvalue weighted by atomic mass is 10.2. The number of nitrogens with zero attached hydrogens (tertiary/aromatic N) is 1. The Kier molecular flexibility index (Phi) is 8.33. The summed E-state index contributed by atoms with van der Waals surface area (Å²) in [7, 11) is 0. The molecule has 15 heavy (non-hydrogen) atoms. The highest BCUT2D eigenvalue weighted by Gasteiger charge is 2.08. The van der Waals surface area contributed by atoms with Gasteiger partial charge in [0.2, 0.25) is 0 Å². The first-order valence-electron chi connectivity index (χ1n) is 5.64. The van der Waals surface area contributed by atoms with Crippen LogP contribution in [0.25, 0.3) is 0 Å². The number of aliphatic hydroxyl groups is 1. The maximum Gasteiger partial charge on any atom is 0.303 e. The molecule has 0 atom stereocenters. The van der Waals surface area contributed by atoms with E-state index < -0.39 is 5.97 Å². The fourth-order valence-electron chi connectivity index (χ4n) is 1.49. The molecular formula is C11H23NO3. The molecule has 2 N–H and O–H groups in total. The van der Waals surface area contributed by atoms with Crippen LogP contribution < -0.4 is 0 Å². The summed E-state index contributed by atoms with van der Waals surface area (Å²) in [5, 5.41) is 17.2. The van der Waals surface area contributed by atoms with Crippen LogP contribution in [0.4, 0.5) is 0 Å². The van der Waals surface area contributed by atoms with Gasteiger partial charge in [0, 0.05) is 25.6 Å². The van der Waals surface area contributed by atoms with Crippen LogP contribution in [-0.4, -0.2) is 46.8 Å². The predicted molar refractivity (Wildman–Crippen MR) is 59.9 cm³/mol. The molecule has 0 radical (unpaired) electrons. The number of hydrogen-bond acceptors (Lipinski definition) is 3. The topological polar surface area (TPSA) is 60.8 Å². The van der Waals surface area contributed by atoms with Crippen molar-refractivity contribution in [2.45, 2.75) is 45.6 Å². The Balaban J connectivity index is 3.61. The normalized spacial score (nSPS) is 11.3. The summed E-state index contributed by atoms with van der Waals surface area (Å²) in [6.45, 7) is 6.27. The zero-order valence-electron chi connectivity index (χ0n) is 9.78. The van der Waals surface area contributed by atoms with Crippen molar-refractivity contribution in [1.82, 2.24) is 4.90 Å². The zero-order valence-corrected chi connectivity index (χ0v) is 9.78. The van der Waals surface area contributed by atoms with Gasteiger partial charge in [-0.1, -0.05) is 0 Å². The van der Waals surface area contributed by atoms with Gasteiger partial charge in [-0.25, -0.2) is 0 Å². The first-order chi connectivity index (χ1) is 7.07. The number of aliphatic hydroxyl groups excluding tert-OH is 1. The molecular weight excluding hydrogens is 194 g/mol. The van der Waals surface area contributed by atoms with E-state index in [0.29, 0.717) is 6.04 Å². The van der Waals surface area contributed by atoms with Gasteiger partial charge >= 0.3 is 5.97 Å². The van der Waals surface area contributed by atoms with Crippen LogP contribution in [0.15, 0.2) is 0 Å². The number of carboxylic acid groups (broad SMARTS) is 1. The summed E-state index contributed by atoms with van der Waals surface area (Å²) in [5.41, 5.74) is 0. The van der Waals surface area contributed by atoms with Gasteiger partial charge in [-0.2, -0.15) is 0 Å². The largest absolute Gasteiger partial charge is 0.481 e. The van der Waals surface area contributed by atoms with Crippen molar-refractivity contribution in [3.63, 3.8) is 0 Å². The molecule has 0 aliphatic carbocycles. The molecule has 4 nitrogen and oxygen atoms in total. The van der Waals surface area contributed by atoms with Gasteiger partial charge < -0.3 is 15.1 Å². The first-order valence-corrected chi connectivity index (χ1v) is 5.64. The summed E-state index contributed by atoms with van der Waals surface area (Å²) in [6.07, 6.45) is 2.69. The number of unbranched alkanes of at least 4 members (excludes halogenated alkanes) is 1. The SMILES string of the molecule is CC(C)N(CCCO)CCCCC(=O)O. The molecule has 0 saturated carbocycles. The van der Waals surface area contributed by atoms with E-state index in [1.165, 1.54) is 0 Å². The Bertz CT molecular complexity index is 171. The Labute approximate surface area is 91.9 Å². The second-order valence-corrected chi connectivity index (χ2v) is 4.06. The molecule has 0 heterocycles. The smallest absolute Gasteiger partial charge is 0.303 e. The number of carboxylic acids is 1. The highest BCUT2D eigenvalue weighted by Crippen LogP contribution is 2.04. The van der Waals surface area contributed by atoms with E-state index in [1.54, 1.807) is 0 Å².